The molecule has 2 rings (SSSR count). The molecule has 4 nitrogen and oxygen atoms in total. The van der Waals surface area contributed by atoms with Crippen LogP contribution in [0.2, 0.25) is 5.15 Å². The summed E-state index contributed by atoms with van der Waals surface area (Å²) in [5, 5.41) is 10.8. The molecule has 0 saturated carbocycles. The van der Waals surface area contributed by atoms with Crippen LogP contribution in [0.3, 0.4) is 0 Å². The molecule has 1 heterocycles. The largest absolute Gasteiger partial charge is 0.343 e. The molecule has 1 aromatic heterocycles. The Morgan fingerprint density at radius 3 is 2.29 bits per heavy atom. The Labute approximate surface area is 129 Å². The fourth-order valence-electron chi connectivity index (χ4n) is 2.09. The van der Waals surface area contributed by atoms with E-state index in [1.54, 1.807) is 12.1 Å². The smallest absolute Gasteiger partial charge is 0.272 e. The summed E-state index contributed by atoms with van der Waals surface area (Å²) >= 11 is 5.69. The molecule has 0 bridgehead atoms. The molecule has 0 saturated heterocycles. The second-order valence-corrected chi connectivity index (χ2v) is 6.31. The first-order valence-corrected chi connectivity index (χ1v) is 7.11. The Bertz CT molecular complexity index is 606. The van der Waals surface area contributed by atoms with Gasteiger partial charge in [0, 0.05) is 0 Å². The molecule has 110 valence electrons. The highest BCUT2D eigenvalue weighted by molar-refractivity contribution is 6.29. The van der Waals surface area contributed by atoms with E-state index in [4.69, 9.17) is 11.6 Å². The Morgan fingerprint density at radius 1 is 1.10 bits per heavy atom. The minimum atomic E-state index is -0.261. The lowest BCUT2D eigenvalue weighted by Gasteiger charge is -2.31. The third kappa shape index (κ3) is 4.02. The number of amides is 1. The summed E-state index contributed by atoms with van der Waals surface area (Å²) in [6.45, 7) is 6.25. The number of rotatable bonds is 3. The third-order valence-electron chi connectivity index (χ3n) is 3.14. The molecule has 1 aromatic carbocycles. The van der Waals surface area contributed by atoms with Crippen molar-refractivity contribution >= 4 is 17.5 Å². The van der Waals surface area contributed by atoms with Gasteiger partial charge in [-0.2, -0.15) is 0 Å². The van der Waals surface area contributed by atoms with Gasteiger partial charge in [0.25, 0.3) is 5.91 Å². The van der Waals surface area contributed by atoms with Crippen molar-refractivity contribution in [1.82, 2.24) is 15.5 Å². The zero-order valence-electron chi connectivity index (χ0n) is 12.3. The number of benzene rings is 1. The van der Waals surface area contributed by atoms with Crippen LogP contribution in [0.4, 0.5) is 0 Å². The van der Waals surface area contributed by atoms with E-state index in [9.17, 15) is 4.79 Å². The zero-order valence-corrected chi connectivity index (χ0v) is 13.1. The molecular formula is C16H18ClN3O. The Balaban J connectivity index is 2.24. The van der Waals surface area contributed by atoms with Gasteiger partial charge in [0.2, 0.25) is 0 Å². The minimum absolute atomic E-state index is 0.122. The van der Waals surface area contributed by atoms with Crippen molar-refractivity contribution in [2.75, 3.05) is 0 Å². The molecule has 1 unspecified atom stereocenters. The van der Waals surface area contributed by atoms with Gasteiger partial charge < -0.3 is 5.32 Å². The van der Waals surface area contributed by atoms with Crippen LogP contribution in [0.25, 0.3) is 0 Å². The van der Waals surface area contributed by atoms with E-state index >= 15 is 0 Å². The average Bonchev–Trinajstić information content (AvgIpc) is 2.45. The van der Waals surface area contributed by atoms with Crippen molar-refractivity contribution in [2.45, 2.75) is 26.8 Å². The van der Waals surface area contributed by atoms with Gasteiger partial charge in [-0.1, -0.05) is 62.7 Å². The normalized spacial score (nSPS) is 12.8. The van der Waals surface area contributed by atoms with E-state index in [0.717, 1.165) is 5.56 Å². The number of hydrogen-bond acceptors (Lipinski definition) is 3. The second-order valence-electron chi connectivity index (χ2n) is 5.92. The fraction of sp³-hybridized carbons (Fsp3) is 0.312. The maximum atomic E-state index is 12.3. The van der Waals surface area contributed by atoms with Crippen molar-refractivity contribution in [3.8, 4) is 0 Å². The minimum Gasteiger partial charge on any atom is -0.343 e. The lowest BCUT2D eigenvalue weighted by molar-refractivity contribution is 0.0895. The highest BCUT2D eigenvalue weighted by atomic mass is 35.5. The zero-order chi connectivity index (χ0) is 15.5. The van der Waals surface area contributed by atoms with Gasteiger partial charge in [-0.05, 0) is 23.1 Å². The van der Waals surface area contributed by atoms with Gasteiger partial charge in [-0.15, -0.1) is 10.2 Å². The number of halogens is 1. The summed E-state index contributed by atoms with van der Waals surface area (Å²) in [5.41, 5.74) is 1.18. The van der Waals surface area contributed by atoms with Crippen molar-refractivity contribution < 1.29 is 4.79 Å². The van der Waals surface area contributed by atoms with E-state index in [2.05, 4.69) is 36.3 Å². The monoisotopic (exact) mass is 303 g/mol. The van der Waals surface area contributed by atoms with Crippen LogP contribution < -0.4 is 5.32 Å². The Morgan fingerprint density at radius 2 is 1.76 bits per heavy atom. The highest BCUT2D eigenvalue weighted by Gasteiger charge is 2.28. The summed E-state index contributed by atoms with van der Waals surface area (Å²) in [6, 6.07) is 12.9. The molecule has 0 aliphatic rings. The highest BCUT2D eigenvalue weighted by Crippen LogP contribution is 2.32. The number of hydrogen-bond donors (Lipinski definition) is 1. The lowest BCUT2D eigenvalue weighted by atomic mass is 9.82. The van der Waals surface area contributed by atoms with E-state index in [1.165, 1.54) is 0 Å². The third-order valence-corrected chi connectivity index (χ3v) is 3.34. The van der Waals surface area contributed by atoms with Gasteiger partial charge in [0.05, 0.1) is 6.04 Å². The summed E-state index contributed by atoms with van der Waals surface area (Å²) in [6.07, 6.45) is 0. The van der Waals surface area contributed by atoms with E-state index < -0.39 is 0 Å². The first-order chi connectivity index (χ1) is 9.88. The molecule has 2 aromatic rings. The first kappa shape index (κ1) is 15.4. The molecule has 0 spiro atoms. The lowest BCUT2D eigenvalue weighted by Crippen LogP contribution is -2.37. The van der Waals surface area contributed by atoms with E-state index in [-0.39, 0.29) is 28.2 Å². The molecule has 0 aliphatic carbocycles. The van der Waals surface area contributed by atoms with E-state index in [1.807, 2.05) is 30.3 Å². The summed E-state index contributed by atoms with van der Waals surface area (Å²) in [4.78, 5) is 12.3. The standard InChI is InChI=1S/C16H18ClN3O/c1-16(2,3)14(11-7-5-4-6-8-11)18-15(21)12-9-10-13(17)20-19-12/h4-10,14H,1-3H3,(H,18,21). The van der Waals surface area contributed by atoms with Crippen LogP contribution in [-0.4, -0.2) is 16.1 Å². The molecule has 1 amide bonds. The van der Waals surface area contributed by atoms with Crippen LogP contribution in [0.1, 0.15) is 42.9 Å². The van der Waals surface area contributed by atoms with Gasteiger partial charge in [-0.3, -0.25) is 4.79 Å². The van der Waals surface area contributed by atoms with Crippen molar-refractivity contribution in [3.63, 3.8) is 0 Å². The predicted octanol–water partition coefficient (Wildman–Crippen LogP) is 3.65. The van der Waals surface area contributed by atoms with Crippen LogP contribution >= 0.6 is 11.6 Å². The molecule has 0 radical (unpaired) electrons. The van der Waals surface area contributed by atoms with Crippen molar-refractivity contribution in [3.05, 3.63) is 58.9 Å². The van der Waals surface area contributed by atoms with Crippen molar-refractivity contribution in [1.29, 1.82) is 0 Å². The van der Waals surface area contributed by atoms with Gasteiger partial charge in [-0.25, -0.2) is 0 Å². The second kappa shape index (κ2) is 6.22. The molecule has 1 N–H and O–H groups in total. The van der Waals surface area contributed by atoms with Crippen molar-refractivity contribution in [2.24, 2.45) is 5.41 Å². The molecule has 0 aliphatic heterocycles. The molecular weight excluding hydrogens is 286 g/mol. The Kier molecular flexibility index (Phi) is 4.58. The Hall–Kier alpha value is -1.94. The van der Waals surface area contributed by atoms with Crippen LogP contribution in [-0.2, 0) is 0 Å². The van der Waals surface area contributed by atoms with Crippen LogP contribution in [0.15, 0.2) is 42.5 Å². The molecule has 21 heavy (non-hydrogen) atoms. The number of nitrogens with zero attached hydrogens (tertiary/aromatic N) is 2. The fourth-order valence-corrected chi connectivity index (χ4v) is 2.19. The number of carbonyl (C=O) groups is 1. The summed E-state index contributed by atoms with van der Waals surface area (Å²) in [7, 11) is 0. The molecule has 1 atom stereocenters. The van der Waals surface area contributed by atoms with Gasteiger partial charge in [0.15, 0.2) is 10.8 Å². The van der Waals surface area contributed by atoms with Gasteiger partial charge >= 0.3 is 0 Å². The summed E-state index contributed by atoms with van der Waals surface area (Å²) in [5.74, 6) is -0.261. The number of aromatic nitrogens is 2. The maximum Gasteiger partial charge on any atom is 0.272 e. The molecule has 0 fully saturated rings. The average molecular weight is 304 g/mol. The van der Waals surface area contributed by atoms with Crippen LogP contribution in [0, 0.1) is 5.41 Å². The first-order valence-electron chi connectivity index (χ1n) is 6.73. The molecule has 5 heteroatoms. The topological polar surface area (TPSA) is 54.9 Å². The maximum absolute atomic E-state index is 12.3. The van der Waals surface area contributed by atoms with E-state index in [0.29, 0.717) is 0 Å². The van der Waals surface area contributed by atoms with Crippen LogP contribution in [0.5, 0.6) is 0 Å². The van der Waals surface area contributed by atoms with Gasteiger partial charge in [0.1, 0.15) is 0 Å². The predicted molar refractivity (Wildman–Crippen MR) is 83.1 cm³/mol. The quantitative estimate of drug-likeness (QED) is 0.941. The SMILES string of the molecule is CC(C)(C)C(NC(=O)c1ccc(Cl)nn1)c1ccccc1. The number of nitrogens with one attached hydrogen (secondary N) is 1. The number of carbonyl (C=O) groups excluding carboxylic acids is 1. The summed E-state index contributed by atoms with van der Waals surface area (Å²) < 4.78 is 0.